The molecule has 2 aromatic rings. The van der Waals surface area contributed by atoms with Crippen molar-refractivity contribution in [2.24, 2.45) is 5.73 Å². The summed E-state index contributed by atoms with van der Waals surface area (Å²) in [6, 6.07) is 8.42. The van der Waals surface area contributed by atoms with E-state index in [2.05, 4.69) is 10.4 Å². The van der Waals surface area contributed by atoms with Crippen molar-refractivity contribution in [1.29, 1.82) is 0 Å². The smallest absolute Gasteiger partial charge is 0.317 e. The van der Waals surface area contributed by atoms with E-state index >= 15 is 0 Å². The Morgan fingerprint density at radius 1 is 1.35 bits per heavy atom. The van der Waals surface area contributed by atoms with Crippen LogP contribution in [0.15, 0.2) is 35.1 Å². The van der Waals surface area contributed by atoms with Gasteiger partial charge in [-0.1, -0.05) is 18.2 Å². The normalized spacial score (nSPS) is 10.2. The average Bonchev–Trinajstić information content (AvgIpc) is 2.58. The monoisotopic (exact) mass is 232 g/mol. The minimum absolute atomic E-state index is 0.266. The number of H-pyrrole nitrogens is 1. The van der Waals surface area contributed by atoms with Gasteiger partial charge in [-0.25, -0.2) is 9.48 Å². The summed E-state index contributed by atoms with van der Waals surface area (Å²) in [6.07, 6.45) is 0. The summed E-state index contributed by atoms with van der Waals surface area (Å²) < 4.78 is 1.49. The molecule has 0 radical (unpaired) electrons. The standard InChI is InChI=1S/C11H12N4O2/c1-7-9(13-11(12)17)15(14-10(7)16)8-5-3-2-4-6-8/h2-6H,1H3,(H,14,16)(H3,12,13,17). The van der Waals surface area contributed by atoms with Crippen LogP contribution < -0.4 is 16.6 Å². The fourth-order valence-corrected chi connectivity index (χ4v) is 1.55. The van der Waals surface area contributed by atoms with Crippen LogP contribution in [0.3, 0.4) is 0 Å². The van der Waals surface area contributed by atoms with Crippen molar-refractivity contribution in [3.8, 4) is 5.69 Å². The maximum absolute atomic E-state index is 11.5. The summed E-state index contributed by atoms with van der Waals surface area (Å²) in [5.74, 6) is 0.355. The molecule has 0 fully saturated rings. The van der Waals surface area contributed by atoms with Crippen LogP contribution in [0.25, 0.3) is 5.69 Å². The number of nitrogens with two attached hydrogens (primary N) is 1. The summed E-state index contributed by atoms with van der Waals surface area (Å²) >= 11 is 0. The molecular formula is C11H12N4O2. The van der Waals surface area contributed by atoms with E-state index in [0.29, 0.717) is 11.4 Å². The van der Waals surface area contributed by atoms with E-state index in [1.54, 1.807) is 6.92 Å². The molecule has 17 heavy (non-hydrogen) atoms. The van der Waals surface area contributed by atoms with Gasteiger partial charge in [0.25, 0.3) is 5.56 Å². The van der Waals surface area contributed by atoms with Gasteiger partial charge in [0.05, 0.1) is 11.3 Å². The quantitative estimate of drug-likeness (QED) is 0.719. The zero-order valence-corrected chi connectivity index (χ0v) is 9.23. The van der Waals surface area contributed by atoms with Gasteiger partial charge < -0.3 is 5.73 Å². The van der Waals surface area contributed by atoms with Crippen LogP contribution in [0.1, 0.15) is 5.56 Å². The van der Waals surface area contributed by atoms with Crippen LogP contribution in [0.4, 0.5) is 10.6 Å². The molecule has 4 N–H and O–H groups in total. The first-order valence-corrected chi connectivity index (χ1v) is 5.03. The van der Waals surface area contributed by atoms with E-state index in [-0.39, 0.29) is 5.56 Å². The van der Waals surface area contributed by atoms with Crippen LogP contribution >= 0.6 is 0 Å². The molecule has 0 atom stereocenters. The highest BCUT2D eigenvalue weighted by Crippen LogP contribution is 2.15. The Labute approximate surface area is 97.0 Å². The van der Waals surface area contributed by atoms with E-state index in [1.165, 1.54) is 4.68 Å². The van der Waals surface area contributed by atoms with Gasteiger partial charge >= 0.3 is 6.03 Å². The SMILES string of the molecule is Cc1c(NC(N)=O)n(-c2ccccc2)[nH]c1=O. The van der Waals surface area contributed by atoms with Gasteiger partial charge in [0.2, 0.25) is 0 Å². The Bertz CT molecular complexity index is 598. The molecule has 0 spiro atoms. The van der Waals surface area contributed by atoms with Crippen LogP contribution in [0.5, 0.6) is 0 Å². The number of aromatic amines is 1. The van der Waals surface area contributed by atoms with Gasteiger partial charge in [-0.05, 0) is 19.1 Å². The molecule has 88 valence electrons. The number of benzene rings is 1. The topological polar surface area (TPSA) is 92.9 Å². The number of amides is 2. The number of para-hydroxylation sites is 1. The number of primary amides is 1. The number of hydrogen-bond acceptors (Lipinski definition) is 2. The molecule has 1 heterocycles. The number of carbonyl (C=O) groups is 1. The molecule has 2 amide bonds. The molecule has 6 nitrogen and oxygen atoms in total. The first-order valence-electron chi connectivity index (χ1n) is 5.03. The van der Waals surface area contributed by atoms with Crippen molar-refractivity contribution in [3.63, 3.8) is 0 Å². The number of carbonyl (C=O) groups excluding carboxylic acids is 1. The van der Waals surface area contributed by atoms with Gasteiger partial charge in [0, 0.05) is 0 Å². The molecule has 0 saturated heterocycles. The van der Waals surface area contributed by atoms with Gasteiger partial charge in [0.1, 0.15) is 5.82 Å². The minimum Gasteiger partial charge on any atom is -0.351 e. The highest BCUT2D eigenvalue weighted by molar-refractivity contribution is 5.87. The number of nitrogens with zero attached hydrogens (tertiary/aromatic N) is 1. The summed E-state index contributed by atoms with van der Waals surface area (Å²) in [4.78, 5) is 22.4. The number of hydrogen-bond donors (Lipinski definition) is 3. The Kier molecular flexibility index (Phi) is 2.70. The highest BCUT2D eigenvalue weighted by Gasteiger charge is 2.13. The summed E-state index contributed by atoms with van der Waals surface area (Å²) in [6.45, 7) is 1.61. The highest BCUT2D eigenvalue weighted by atomic mass is 16.2. The molecular weight excluding hydrogens is 220 g/mol. The predicted molar refractivity (Wildman–Crippen MR) is 64.3 cm³/mol. The zero-order chi connectivity index (χ0) is 12.4. The lowest BCUT2D eigenvalue weighted by Crippen LogP contribution is -2.21. The van der Waals surface area contributed by atoms with Gasteiger partial charge in [0.15, 0.2) is 0 Å². The van der Waals surface area contributed by atoms with E-state index in [1.807, 2.05) is 30.3 Å². The number of nitrogens with one attached hydrogen (secondary N) is 2. The van der Waals surface area contributed by atoms with E-state index < -0.39 is 6.03 Å². The molecule has 1 aromatic carbocycles. The van der Waals surface area contributed by atoms with E-state index in [4.69, 9.17) is 5.73 Å². The summed E-state index contributed by atoms with van der Waals surface area (Å²) in [7, 11) is 0. The fourth-order valence-electron chi connectivity index (χ4n) is 1.55. The second kappa shape index (κ2) is 4.17. The molecule has 0 bridgehead atoms. The Morgan fingerprint density at radius 2 is 2.00 bits per heavy atom. The third-order valence-electron chi connectivity index (χ3n) is 2.39. The van der Waals surface area contributed by atoms with Crippen LogP contribution in [-0.4, -0.2) is 15.8 Å². The van der Waals surface area contributed by atoms with E-state index in [0.717, 1.165) is 5.69 Å². The van der Waals surface area contributed by atoms with Crippen molar-refractivity contribution in [2.75, 3.05) is 5.32 Å². The molecule has 0 saturated carbocycles. The molecule has 6 heteroatoms. The Balaban J connectivity index is 2.58. The number of urea groups is 1. The lowest BCUT2D eigenvalue weighted by Gasteiger charge is -2.08. The Hall–Kier alpha value is -2.50. The minimum atomic E-state index is -0.711. The van der Waals surface area contributed by atoms with Crippen molar-refractivity contribution in [2.45, 2.75) is 6.92 Å². The lowest BCUT2D eigenvalue weighted by atomic mass is 10.3. The number of aromatic nitrogens is 2. The van der Waals surface area contributed by atoms with Gasteiger partial charge in [-0.3, -0.25) is 15.2 Å². The number of rotatable bonds is 2. The molecule has 0 aliphatic rings. The molecule has 0 unspecified atom stereocenters. The first kappa shape index (κ1) is 11.0. The maximum atomic E-state index is 11.5. The number of anilines is 1. The second-order valence-corrected chi connectivity index (χ2v) is 3.57. The molecule has 2 rings (SSSR count). The van der Waals surface area contributed by atoms with Gasteiger partial charge in [-0.15, -0.1) is 0 Å². The predicted octanol–water partition coefficient (Wildman–Crippen LogP) is 0.965. The molecule has 0 aliphatic heterocycles. The van der Waals surface area contributed by atoms with Crippen LogP contribution in [-0.2, 0) is 0 Å². The van der Waals surface area contributed by atoms with Crippen molar-refractivity contribution in [1.82, 2.24) is 9.78 Å². The third-order valence-corrected chi connectivity index (χ3v) is 2.39. The van der Waals surface area contributed by atoms with Crippen LogP contribution in [0, 0.1) is 6.92 Å². The molecule has 0 aliphatic carbocycles. The van der Waals surface area contributed by atoms with E-state index in [9.17, 15) is 9.59 Å². The Morgan fingerprint density at radius 3 is 2.59 bits per heavy atom. The fraction of sp³-hybridized carbons (Fsp3) is 0.0909. The summed E-state index contributed by atoms with van der Waals surface area (Å²) in [5.41, 5.74) is 5.95. The maximum Gasteiger partial charge on any atom is 0.317 e. The molecule has 1 aromatic heterocycles. The van der Waals surface area contributed by atoms with Crippen molar-refractivity contribution < 1.29 is 4.79 Å². The van der Waals surface area contributed by atoms with Crippen molar-refractivity contribution >= 4 is 11.8 Å². The van der Waals surface area contributed by atoms with Gasteiger partial charge in [-0.2, -0.15) is 0 Å². The zero-order valence-electron chi connectivity index (χ0n) is 9.23. The average molecular weight is 232 g/mol. The lowest BCUT2D eigenvalue weighted by molar-refractivity contribution is 0.259. The largest absolute Gasteiger partial charge is 0.351 e. The van der Waals surface area contributed by atoms with Crippen molar-refractivity contribution in [3.05, 3.63) is 46.2 Å². The summed E-state index contributed by atoms with van der Waals surface area (Å²) in [5, 5.41) is 5.06. The first-order chi connectivity index (χ1) is 8.09. The van der Waals surface area contributed by atoms with Crippen LogP contribution in [0.2, 0.25) is 0 Å². The third kappa shape index (κ3) is 2.05. The second-order valence-electron chi connectivity index (χ2n) is 3.57.